The molecular formula is C10H21NO3S. The van der Waals surface area contributed by atoms with E-state index in [-0.39, 0.29) is 23.7 Å². The first-order chi connectivity index (χ1) is 7.05. The summed E-state index contributed by atoms with van der Waals surface area (Å²) in [5.74, 6) is 0.370. The molecule has 4 nitrogen and oxygen atoms in total. The van der Waals surface area contributed by atoms with E-state index in [1.165, 1.54) is 0 Å². The predicted molar refractivity (Wildman–Crippen MR) is 60.6 cm³/mol. The molecule has 0 spiro atoms. The molecular weight excluding hydrogens is 214 g/mol. The highest BCUT2D eigenvalue weighted by Gasteiger charge is 2.22. The third-order valence-electron chi connectivity index (χ3n) is 2.99. The van der Waals surface area contributed by atoms with Crippen LogP contribution in [0.5, 0.6) is 0 Å². The summed E-state index contributed by atoms with van der Waals surface area (Å²) in [4.78, 5) is 0. The summed E-state index contributed by atoms with van der Waals surface area (Å²) in [7, 11) is -2.88. The first kappa shape index (κ1) is 12.9. The quantitative estimate of drug-likeness (QED) is 0.720. The smallest absolute Gasteiger partial charge is 0.151 e. The van der Waals surface area contributed by atoms with Crippen molar-refractivity contribution >= 4 is 9.84 Å². The van der Waals surface area contributed by atoms with Crippen LogP contribution in [0.1, 0.15) is 32.6 Å². The molecule has 15 heavy (non-hydrogen) atoms. The molecule has 1 saturated carbocycles. The van der Waals surface area contributed by atoms with Gasteiger partial charge >= 0.3 is 0 Å². The van der Waals surface area contributed by atoms with Crippen LogP contribution in [0, 0.1) is 0 Å². The molecule has 0 aromatic heterocycles. The summed E-state index contributed by atoms with van der Waals surface area (Å²) >= 11 is 0. The standard InChI is InChI=1S/C10H21NO3S/c1-2-15(13,14)8-7-11-9-5-3-4-6-10(9)12/h9-12H,2-8H2,1H3/t9-,10-/m1/s1. The highest BCUT2D eigenvalue weighted by atomic mass is 32.2. The zero-order chi connectivity index (χ0) is 11.3. The van der Waals surface area contributed by atoms with Crippen LogP contribution in [0.4, 0.5) is 0 Å². The molecule has 0 radical (unpaired) electrons. The summed E-state index contributed by atoms with van der Waals surface area (Å²) in [6, 6.07) is 0.0887. The van der Waals surface area contributed by atoms with Crippen molar-refractivity contribution in [3.8, 4) is 0 Å². The Balaban J connectivity index is 2.25. The van der Waals surface area contributed by atoms with Crippen molar-refractivity contribution in [3.63, 3.8) is 0 Å². The summed E-state index contributed by atoms with van der Waals surface area (Å²) in [5, 5.41) is 12.8. The SMILES string of the molecule is CCS(=O)(=O)CCN[C@@H]1CCCC[C@H]1O. The van der Waals surface area contributed by atoms with Gasteiger partial charge in [0.1, 0.15) is 0 Å². The number of sulfone groups is 1. The van der Waals surface area contributed by atoms with Gasteiger partial charge in [-0.1, -0.05) is 19.8 Å². The van der Waals surface area contributed by atoms with E-state index < -0.39 is 9.84 Å². The molecule has 0 saturated heterocycles. The lowest BCUT2D eigenvalue weighted by Gasteiger charge is -2.28. The number of hydrogen-bond acceptors (Lipinski definition) is 4. The van der Waals surface area contributed by atoms with E-state index in [0.717, 1.165) is 25.7 Å². The van der Waals surface area contributed by atoms with Crippen LogP contribution in [-0.2, 0) is 9.84 Å². The number of aliphatic hydroxyl groups excluding tert-OH is 1. The molecule has 2 N–H and O–H groups in total. The van der Waals surface area contributed by atoms with Crippen molar-refractivity contribution in [2.24, 2.45) is 0 Å². The Morgan fingerprint density at radius 1 is 1.33 bits per heavy atom. The molecule has 2 atom stereocenters. The summed E-state index contributed by atoms with van der Waals surface area (Å²) in [5.41, 5.74) is 0. The third-order valence-corrected chi connectivity index (χ3v) is 4.69. The van der Waals surface area contributed by atoms with Crippen molar-refractivity contribution < 1.29 is 13.5 Å². The van der Waals surface area contributed by atoms with Gasteiger partial charge in [-0.15, -0.1) is 0 Å². The Morgan fingerprint density at radius 2 is 2.00 bits per heavy atom. The molecule has 5 heteroatoms. The molecule has 0 amide bonds. The lowest BCUT2D eigenvalue weighted by molar-refractivity contribution is 0.0921. The fraction of sp³-hybridized carbons (Fsp3) is 1.00. The van der Waals surface area contributed by atoms with Crippen LogP contribution in [0.2, 0.25) is 0 Å². The Labute approximate surface area is 92.0 Å². The van der Waals surface area contributed by atoms with Crippen molar-refractivity contribution in [3.05, 3.63) is 0 Å². The second-order valence-corrected chi connectivity index (χ2v) is 6.62. The normalized spacial score (nSPS) is 27.9. The topological polar surface area (TPSA) is 66.4 Å². The summed E-state index contributed by atoms with van der Waals surface area (Å²) in [6.07, 6.45) is 3.68. The number of aliphatic hydroxyl groups is 1. The first-order valence-corrected chi connectivity index (χ1v) is 7.49. The fourth-order valence-corrected chi connectivity index (χ4v) is 2.61. The first-order valence-electron chi connectivity index (χ1n) is 5.67. The maximum Gasteiger partial charge on any atom is 0.151 e. The Kier molecular flexibility index (Phi) is 5.02. The molecule has 0 heterocycles. The monoisotopic (exact) mass is 235 g/mol. The van der Waals surface area contributed by atoms with Gasteiger partial charge in [0.15, 0.2) is 9.84 Å². The molecule has 0 bridgehead atoms. The van der Waals surface area contributed by atoms with Crippen molar-refractivity contribution in [2.75, 3.05) is 18.1 Å². The van der Waals surface area contributed by atoms with E-state index in [1.807, 2.05) is 0 Å². The fourth-order valence-electron chi connectivity index (χ4n) is 1.89. The maximum atomic E-state index is 11.2. The summed E-state index contributed by atoms with van der Waals surface area (Å²) in [6.45, 7) is 2.11. The largest absolute Gasteiger partial charge is 0.392 e. The van der Waals surface area contributed by atoms with Gasteiger partial charge in [-0.25, -0.2) is 8.42 Å². The van der Waals surface area contributed by atoms with Gasteiger partial charge in [0, 0.05) is 18.3 Å². The number of hydrogen-bond donors (Lipinski definition) is 2. The second kappa shape index (κ2) is 5.82. The molecule has 90 valence electrons. The van der Waals surface area contributed by atoms with E-state index >= 15 is 0 Å². The zero-order valence-electron chi connectivity index (χ0n) is 9.28. The Bertz CT molecular complexity index is 276. The second-order valence-electron chi connectivity index (χ2n) is 4.15. The minimum Gasteiger partial charge on any atom is -0.392 e. The molecule has 1 fully saturated rings. The van der Waals surface area contributed by atoms with Crippen LogP contribution < -0.4 is 5.32 Å². The molecule has 0 aromatic rings. The number of nitrogens with one attached hydrogen (secondary N) is 1. The van der Waals surface area contributed by atoms with Crippen LogP contribution in [0.25, 0.3) is 0 Å². The van der Waals surface area contributed by atoms with Gasteiger partial charge in [-0.2, -0.15) is 0 Å². The van der Waals surface area contributed by atoms with Gasteiger partial charge in [-0.05, 0) is 12.8 Å². The minimum atomic E-state index is -2.88. The lowest BCUT2D eigenvalue weighted by atomic mass is 9.93. The van der Waals surface area contributed by atoms with Gasteiger partial charge in [-0.3, -0.25) is 0 Å². The maximum absolute atomic E-state index is 11.2. The van der Waals surface area contributed by atoms with Crippen molar-refractivity contribution in [1.82, 2.24) is 5.32 Å². The third kappa shape index (κ3) is 4.49. The van der Waals surface area contributed by atoms with E-state index in [4.69, 9.17) is 0 Å². The van der Waals surface area contributed by atoms with E-state index in [1.54, 1.807) is 6.92 Å². The number of rotatable bonds is 5. The van der Waals surface area contributed by atoms with E-state index in [9.17, 15) is 13.5 Å². The van der Waals surface area contributed by atoms with Gasteiger partial charge in [0.2, 0.25) is 0 Å². The van der Waals surface area contributed by atoms with Gasteiger partial charge in [0.05, 0.1) is 11.9 Å². The Hall–Kier alpha value is -0.130. The lowest BCUT2D eigenvalue weighted by Crippen LogP contribution is -2.43. The minimum absolute atomic E-state index is 0.0887. The summed E-state index contributed by atoms with van der Waals surface area (Å²) < 4.78 is 22.4. The van der Waals surface area contributed by atoms with Crippen LogP contribution in [-0.4, -0.2) is 43.7 Å². The molecule has 1 aliphatic rings. The molecule has 1 rings (SSSR count). The average Bonchev–Trinajstić information content (AvgIpc) is 2.21. The molecule has 0 unspecified atom stereocenters. The van der Waals surface area contributed by atoms with Crippen LogP contribution in [0.15, 0.2) is 0 Å². The average molecular weight is 235 g/mol. The van der Waals surface area contributed by atoms with Gasteiger partial charge < -0.3 is 10.4 Å². The van der Waals surface area contributed by atoms with E-state index in [2.05, 4.69) is 5.32 Å². The van der Waals surface area contributed by atoms with Crippen molar-refractivity contribution in [2.45, 2.75) is 44.8 Å². The molecule has 0 aromatic carbocycles. The van der Waals surface area contributed by atoms with Crippen molar-refractivity contribution in [1.29, 1.82) is 0 Å². The van der Waals surface area contributed by atoms with Crippen LogP contribution >= 0.6 is 0 Å². The predicted octanol–water partition coefficient (Wildman–Crippen LogP) is 0.314. The van der Waals surface area contributed by atoms with E-state index in [0.29, 0.717) is 6.54 Å². The molecule has 1 aliphatic carbocycles. The highest BCUT2D eigenvalue weighted by Crippen LogP contribution is 2.17. The van der Waals surface area contributed by atoms with Gasteiger partial charge in [0.25, 0.3) is 0 Å². The zero-order valence-corrected chi connectivity index (χ0v) is 10.1. The Morgan fingerprint density at radius 3 is 2.60 bits per heavy atom. The van der Waals surface area contributed by atoms with Crippen LogP contribution in [0.3, 0.4) is 0 Å². The highest BCUT2D eigenvalue weighted by molar-refractivity contribution is 7.91. The molecule has 0 aliphatic heterocycles.